The number of carbonyl (C=O) groups is 2. The van der Waals surface area contributed by atoms with Crippen LogP contribution in [0.25, 0.3) is 0 Å². The third kappa shape index (κ3) is 4.10. The quantitative estimate of drug-likeness (QED) is 0.428. The lowest BCUT2D eigenvalue weighted by Crippen LogP contribution is -2.33. The Bertz CT molecular complexity index is 379. The maximum atomic E-state index is 11.7. The molecule has 1 fully saturated rings. The lowest BCUT2D eigenvalue weighted by molar-refractivity contribution is -0.157. The Morgan fingerprint density at radius 1 is 1.42 bits per heavy atom. The van der Waals surface area contributed by atoms with Crippen LogP contribution in [-0.4, -0.2) is 47.9 Å². The molecule has 6 nitrogen and oxygen atoms in total. The van der Waals surface area contributed by atoms with Gasteiger partial charge in [0, 0.05) is 12.1 Å². The molecule has 0 aromatic heterocycles. The van der Waals surface area contributed by atoms with Gasteiger partial charge in [-0.15, -0.1) is 0 Å². The monoisotopic (exact) mass is 269 g/mol. The second-order valence-electron chi connectivity index (χ2n) is 4.31. The van der Waals surface area contributed by atoms with Crippen LogP contribution in [-0.2, 0) is 19.1 Å². The summed E-state index contributed by atoms with van der Waals surface area (Å²) in [5.41, 5.74) is 0.291. The predicted molar refractivity (Wildman–Crippen MR) is 67.7 cm³/mol. The smallest absolute Gasteiger partial charge is 0.333 e. The molecule has 0 spiro atoms. The molecule has 1 saturated heterocycles. The molecule has 0 bridgehead atoms. The van der Waals surface area contributed by atoms with Crippen molar-refractivity contribution in [1.82, 2.24) is 4.90 Å². The van der Waals surface area contributed by atoms with E-state index in [1.54, 1.807) is 4.90 Å². The molecule has 1 N–H and O–H groups in total. The van der Waals surface area contributed by atoms with Crippen molar-refractivity contribution < 1.29 is 24.2 Å². The Hall–Kier alpha value is -1.82. The molecule has 0 amide bonds. The first-order valence-electron chi connectivity index (χ1n) is 6.03. The van der Waals surface area contributed by atoms with Crippen molar-refractivity contribution in [3.8, 4) is 0 Å². The van der Waals surface area contributed by atoms with Gasteiger partial charge >= 0.3 is 11.9 Å². The number of carbonyl (C=O) groups excluding carboxylic acids is 2. The summed E-state index contributed by atoms with van der Waals surface area (Å²) in [7, 11) is 0. The van der Waals surface area contributed by atoms with Crippen molar-refractivity contribution >= 4 is 11.9 Å². The average molecular weight is 269 g/mol. The molecular formula is C13H19NO5. The summed E-state index contributed by atoms with van der Waals surface area (Å²) in [4.78, 5) is 24.3. The Morgan fingerprint density at radius 2 is 2.05 bits per heavy atom. The van der Waals surface area contributed by atoms with E-state index in [0.717, 1.165) is 0 Å². The van der Waals surface area contributed by atoms with Crippen LogP contribution in [0.15, 0.2) is 24.9 Å². The molecule has 2 unspecified atom stereocenters. The second-order valence-corrected chi connectivity index (χ2v) is 4.31. The minimum Gasteiger partial charge on any atom is -0.462 e. The maximum Gasteiger partial charge on any atom is 0.333 e. The standard InChI is InChI=1S/C13H19NO5/c1-4-14-6-5-10(11(14)15)13(17)19-8-7-18-12(16)9(2)3/h4,10-11,15H,1-2,5-8H2,3H3. The zero-order valence-electron chi connectivity index (χ0n) is 11.0. The lowest BCUT2D eigenvalue weighted by atomic mass is 10.1. The number of likely N-dealkylation sites (tertiary alicyclic amines) is 1. The van der Waals surface area contributed by atoms with Gasteiger partial charge in [-0.3, -0.25) is 4.79 Å². The molecule has 19 heavy (non-hydrogen) atoms. The molecule has 106 valence electrons. The van der Waals surface area contributed by atoms with Gasteiger partial charge in [-0.05, 0) is 19.5 Å². The van der Waals surface area contributed by atoms with E-state index in [2.05, 4.69) is 13.2 Å². The van der Waals surface area contributed by atoms with Gasteiger partial charge in [0.2, 0.25) is 0 Å². The first-order chi connectivity index (χ1) is 8.97. The number of rotatable bonds is 6. The van der Waals surface area contributed by atoms with Crippen molar-refractivity contribution in [2.75, 3.05) is 19.8 Å². The summed E-state index contributed by atoms with van der Waals surface area (Å²) >= 11 is 0. The van der Waals surface area contributed by atoms with Crippen molar-refractivity contribution in [3.63, 3.8) is 0 Å². The van der Waals surface area contributed by atoms with Crippen LogP contribution in [0.2, 0.25) is 0 Å². The third-order valence-electron chi connectivity index (χ3n) is 2.84. The summed E-state index contributed by atoms with van der Waals surface area (Å²) in [6, 6.07) is 0. The summed E-state index contributed by atoms with van der Waals surface area (Å²) in [6.45, 7) is 9.02. The van der Waals surface area contributed by atoms with Crippen LogP contribution in [0, 0.1) is 5.92 Å². The highest BCUT2D eigenvalue weighted by Gasteiger charge is 2.36. The number of aliphatic hydroxyl groups excluding tert-OH is 1. The largest absolute Gasteiger partial charge is 0.462 e. The van der Waals surface area contributed by atoms with Crippen LogP contribution >= 0.6 is 0 Å². The van der Waals surface area contributed by atoms with E-state index >= 15 is 0 Å². The van der Waals surface area contributed by atoms with Gasteiger partial charge in [0.15, 0.2) is 0 Å². The highest BCUT2D eigenvalue weighted by molar-refractivity contribution is 5.86. The van der Waals surface area contributed by atoms with Gasteiger partial charge < -0.3 is 19.5 Å². The number of hydrogen-bond acceptors (Lipinski definition) is 6. The fraction of sp³-hybridized carbons (Fsp3) is 0.538. The van der Waals surface area contributed by atoms with Crippen LogP contribution in [0.4, 0.5) is 0 Å². The third-order valence-corrected chi connectivity index (χ3v) is 2.84. The molecule has 0 aromatic carbocycles. The average Bonchev–Trinajstić information content (AvgIpc) is 2.75. The molecule has 6 heteroatoms. The zero-order chi connectivity index (χ0) is 14.4. The Kier molecular flexibility index (Phi) is 5.57. The number of aliphatic hydroxyl groups is 1. The van der Waals surface area contributed by atoms with E-state index < -0.39 is 24.1 Å². The van der Waals surface area contributed by atoms with Crippen molar-refractivity contribution in [1.29, 1.82) is 0 Å². The number of esters is 2. The number of ether oxygens (including phenoxy) is 2. The van der Waals surface area contributed by atoms with Gasteiger partial charge in [0.25, 0.3) is 0 Å². The fourth-order valence-electron chi connectivity index (χ4n) is 1.75. The number of hydrogen-bond donors (Lipinski definition) is 1. The first-order valence-corrected chi connectivity index (χ1v) is 6.03. The van der Waals surface area contributed by atoms with Crippen molar-refractivity contribution in [2.45, 2.75) is 19.6 Å². The summed E-state index contributed by atoms with van der Waals surface area (Å²) in [5.74, 6) is -1.60. The van der Waals surface area contributed by atoms with E-state index in [0.29, 0.717) is 18.5 Å². The van der Waals surface area contributed by atoms with E-state index in [4.69, 9.17) is 9.47 Å². The molecule has 1 aliphatic rings. The topological polar surface area (TPSA) is 76.1 Å². The van der Waals surface area contributed by atoms with Crippen LogP contribution in [0.3, 0.4) is 0 Å². The maximum absolute atomic E-state index is 11.7. The first kappa shape index (κ1) is 15.2. The minimum atomic E-state index is -0.900. The van der Waals surface area contributed by atoms with E-state index in [1.807, 2.05) is 0 Å². The highest BCUT2D eigenvalue weighted by Crippen LogP contribution is 2.23. The number of nitrogens with zero attached hydrogens (tertiary/aromatic N) is 1. The molecule has 1 rings (SSSR count). The zero-order valence-corrected chi connectivity index (χ0v) is 11.0. The molecule has 0 radical (unpaired) electrons. The molecule has 1 aliphatic heterocycles. The van der Waals surface area contributed by atoms with Crippen LogP contribution < -0.4 is 0 Å². The predicted octanol–water partition coefficient (Wildman–Crippen LogP) is 0.433. The molecule has 1 heterocycles. The fourth-order valence-corrected chi connectivity index (χ4v) is 1.75. The van der Waals surface area contributed by atoms with Gasteiger partial charge in [0.05, 0.1) is 0 Å². The highest BCUT2D eigenvalue weighted by atomic mass is 16.6. The lowest BCUT2D eigenvalue weighted by Gasteiger charge is -2.20. The molecular weight excluding hydrogens is 250 g/mol. The van der Waals surface area contributed by atoms with E-state index in [9.17, 15) is 14.7 Å². The molecule has 0 aliphatic carbocycles. The van der Waals surface area contributed by atoms with Crippen molar-refractivity contribution in [2.24, 2.45) is 5.92 Å². The SMILES string of the molecule is C=CN1CCC(C(=O)OCCOC(=O)C(=C)C)C1O. The Morgan fingerprint density at radius 3 is 2.58 bits per heavy atom. The van der Waals surface area contributed by atoms with Gasteiger partial charge in [0.1, 0.15) is 25.4 Å². The normalized spacial score (nSPS) is 21.9. The van der Waals surface area contributed by atoms with E-state index in [-0.39, 0.29) is 13.2 Å². The van der Waals surface area contributed by atoms with Crippen molar-refractivity contribution in [3.05, 3.63) is 24.9 Å². The van der Waals surface area contributed by atoms with Gasteiger partial charge in [-0.1, -0.05) is 13.2 Å². The molecule has 2 atom stereocenters. The van der Waals surface area contributed by atoms with Gasteiger partial charge in [-0.2, -0.15) is 0 Å². The Balaban J connectivity index is 2.27. The second kappa shape index (κ2) is 6.94. The summed E-state index contributed by atoms with van der Waals surface area (Å²) in [6.07, 6.45) is 1.10. The Labute approximate surface area is 112 Å². The van der Waals surface area contributed by atoms with Crippen LogP contribution in [0.5, 0.6) is 0 Å². The van der Waals surface area contributed by atoms with E-state index in [1.165, 1.54) is 13.1 Å². The molecule has 0 saturated carbocycles. The van der Waals surface area contributed by atoms with Gasteiger partial charge in [-0.25, -0.2) is 4.79 Å². The molecule has 0 aromatic rings. The summed E-state index contributed by atoms with van der Waals surface area (Å²) in [5, 5.41) is 9.79. The minimum absolute atomic E-state index is 0.0224. The van der Waals surface area contributed by atoms with Crippen LogP contribution in [0.1, 0.15) is 13.3 Å². The summed E-state index contributed by atoms with van der Waals surface area (Å²) < 4.78 is 9.73.